The van der Waals surface area contributed by atoms with Crippen molar-refractivity contribution in [3.8, 4) is 6.07 Å². The van der Waals surface area contributed by atoms with Gasteiger partial charge in [-0.1, -0.05) is 0 Å². The number of morpholine rings is 1. The van der Waals surface area contributed by atoms with Crippen molar-refractivity contribution in [3.63, 3.8) is 0 Å². The van der Waals surface area contributed by atoms with Gasteiger partial charge in [0.1, 0.15) is 17.5 Å². The van der Waals surface area contributed by atoms with Crippen LogP contribution in [0.1, 0.15) is 17.7 Å². The summed E-state index contributed by atoms with van der Waals surface area (Å²) in [6, 6.07) is 2.19. The molecule has 1 fully saturated rings. The molecule has 1 aliphatic heterocycles. The number of rotatable bonds is 3. The summed E-state index contributed by atoms with van der Waals surface area (Å²) in [4.78, 5) is 13.4. The van der Waals surface area contributed by atoms with E-state index < -0.39 is 0 Å². The molecule has 20 heavy (non-hydrogen) atoms. The summed E-state index contributed by atoms with van der Waals surface area (Å²) < 4.78 is 11.9. The van der Waals surface area contributed by atoms with Gasteiger partial charge in [0.25, 0.3) is 0 Å². The Kier molecular flexibility index (Phi) is 4.25. The van der Waals surface area contributed by atoms with Crippen LogP contribution >= 0.6 is 0 Å². The largest absolute Gasteiger partial charge is 0.469 e. The molecule has 2 heterocycles. The van der Waals surface area contributed by atoms with Crippen molar-refractivity contribution >= 4 is 11.8 Å². The van der Waals surface area contributed by atoms with Crippen molar-refractivity contribution < 1.29 is 14.3 Å². The van der Waals surface area contributed by atoms with Crippen molar-refractivity contribution in [1.29, 1.82) is 5.26 Å². The third-order valence-corrected chi connectivity index (χ3v) is 3.36. The number of carbonyl (C=O) groups excluding carboxylic acids is 1. The van der Waals surface area contributed by atoms with Crippen LogP contribution in [0.4, 0.5) is 5.82 Å². The fourth-order valence-electron chi connectivity index (χ4n) is 2.44. The quantitative estimate of drug-likeness (QED) is 0.743. The normalized spacial score (nSPS) is 18.7. The highest BCUT2D eigenvalue weighted by Gasteiger charge is 2.27. The molecule has 0 N–H and O–H groups in total. The lowest BCUT2D eigenvalue weighted by Crippen LogP contribution is -2.44. The van der Waals surface area contributed by atoms with Crippen molar-refractivity contribution in [1.82, 2.24) is 9.78 Å². The summed E-state index contributed by atoms with van der Waals surface area (Å²) in [5.41, 5.74) is 1.28. The highest BCUT2D eigenvalue weighted by molar-refractivity contribution is 5.70. The topological polar surface area (TPSA) is 80.4 Å². The Labute approximate surface area is 117 Å². The second-order valence-electron chi connectivity index (χ2n) is 4.74. The van der Waals surface area contributed by atoms with Crippen molar-refractivity contribution in [2.75, 3.05) is 31.7 Å². The molecule has 1 aromatic heterocycles. The van der Waals surface area contributed by atoms with Crippen LogP contribution in [0.2, 0.25) is 0 Å². The van der Waals surface area contributed by atoms with Crippen LogP contribution in [0.25, 0.3) is 0 Å². The molecule has 1 unspecified atom stereocenters. The monoisotopic (exact) mass is 278 g/mol. The maximum absolute atomic E-state index is 11.3. The van der Waals surface area contributed by atoms with E-state index in [0.717, 1.165) is 5.82 Å². The van der Waals surface area contributed by atoms with Crippen LogP contribution in [0.15, 0.2) is 0 Å². The van der Waals surface area contributed by atoms with Crippen LogP contribution in [0, 0.1) is 18.3 Å². The molecule has 1 saturated heterocycles. The zero-order valence-corrected chi connectivity index (χ0v) is 11.9. The van der Waals surface area contributed by atoms with Gasteiger partial charge in [0.15, 0.2) is 0 Å². The van der Waals surface area contributed by atoms with Gasteiger partial charge >= 0.3 is 5.97 Å². The summed E-state index contributed by atoms with van der Waals surface area (Å²) >= 11 is 0. The number of anilines is 1. The van der Waals surface area contributed by atoms with Gasteiger partial charge in [0, 0.05) is 20.1 Å². The van der Waals surface area contributed by atoms with Crippen LogP contribution in [0.3, 0.4) is 0 Å². The average Bonchev–Trinajstić information content (AvgIpc) is 2.72. The zero-order chi connectivity index (χ0) is 14.7. The Hall–Kier alpha value is -2.07. The van der Waals surface area contributed by atoms with Crippen molar-refractivity contribution in [2.45, 2.75) is 19.4 Å². The smallest absolute Gasteiger partial charge is 0.308 e. The van der Waals surface area contributed by atoms with Gasteiger partial charge in [0.2, 0.25) is 0 Å². The Morgan fingerprint density at radius 1 is 1.65 bits per heavy atom. The number of methoxy groups -OCH3 is 1. The molecular formula is C13H18N4O3. The molecule has 0 aromatic carbocycles. The number of ether oxygens (including phenoxy) is 2. The van der Waals surface area contributed by atoms with Gasteiger partial charge in [-0.25, -0.2) is 0 Å². The number of hydrogen-bond acceptors (Lipinski definition) is 6. The van der Waals surface area contributed by atoms with Gasteiger partial charge < -0.3 is 14.4 Å². The van der Waals surface area contributed by atoms with Crippen LogP contribution in [-0.4, -0.2) is 48.7 Å². The molecule has 1 atom stereocenters. The molecule has 7 heteroatoms. The van der Waals surface area contributed by atoms with Crippen molar-refractivity contribution in [3.05, 3.63) is 11.3 Å². The molecule has 0 radical (unpaired) electrons. The molecule has 0 amide bonds. The molecule has 0 saturated carbocycles. The Morgan fingerprint density at radius 2 is 2.40 bits per heavy atom. The molecule has 7 nitrogen and oxygen atoms in total. The average molecular weight is 278 g/mol. The second kappa shape index (κ2) is 5.92. The number of esters is 1. The molecule has 1 aliphatic rings. The zero-order valence-electron chi connectivity index (χ0n) is 11.9. The Balaban J connectivity index is 2.17. The van der Waals surface area contributed by atoms with Crippen LogP contribution in [0.5, 0.6) is 0 Å². The molecular weight excluding hydrogens is 260 g/mol. The third kappa shape index (κ3) is 2.75. The highest BCUT2D eigenvalue weighted by atomic mass is 16.5. The number of aromatic nitrogens is 2. The fraction of sp³-hybridized carbons (Fsp3) is 0.615. The molecule has 108 valence electrons. The fourth-order valence-corrected chi connectivity index (χ4v) is 2.44. The van der Waals surface area contributed by atoms with E-state index in [9.17, 15) is 10.1 Å². The van der Waals surface area contributed by atoms with Gasteiger partial charge in [-0.05, 0) is 6.92 Å². The predicted molar refractivity (Wildman–Crippen MR) is 71.2 cm³/mol. The number of aryl methyl sites for hydroxylation is 2. The van der Waals surface area contributed by atoms with E-state index in [0.29, 0.717) is 31.0 Å². The molecule has 1 aromatic rings. The van der Waals surface area contributed by atoms with E-state index in [4.69, 9.17) is 4.74 Å². The van der Waals surface area contributed by atoms with Crippen molar-refractivity contribution in [2.24, 2.45) is 7.05 Å². The van der Waals surface area contributed by atoms with Crippen LogP contribution < -0.4 is 4.90 Å². The number of hydrogen-bond donors (Lipinski definition) is 0. The summed E-state index contributed by atoms with van der Waals surface area (Å²) in [6.45, 7) is 3.54. The van der Waals surface area contributed by atoms with Gasteiger partial charge in [0.05, 0.1) is 31.9 Å². The summed E-state index contributed by atoms with van der Waals surface area (Å²) in [5, 5.41) is 13.5. The lowest BCUT2D eigenvalue weighted by molar-refractivity contribution is -0.144. The lowest BCUT2D eigenvalue weighted by Gasteiger charge is -2.33. The number of carbonyl (C=O) groups is 1. The molecule has 0 spiro atoms. The minimum atomic E-state index is -0.293. The maximum atomic E-state index is 11.3. The summed E-state index contributed by atoms with van der Waals surface area (Å²) in [6.07, 6.45) is -0.0101. The second-order valence-corrected chi connectivity index (χ2v) is 4.74. The molecule has 2 rings (SSSR count). The van der Waals surface area contributed by atoms with E-state index in [2.05, 4.69) is 15.9 Å². The molecule has 0 aliphatic carbocycles. The van der Waals surface area contributed by atoms with E-state index in [1.807, 2.05) is 18.9 Å². The van der Waals surface area contributed by atoms with E-state index >= 15 is 0 Å². The lowest BCUT2D eigenvalue weighted by atomic mass is 10.2. The summed E-state index contributed by atoms with van der Waals surface area (Å²) in [5.74, 6) is 0.488. The first-order valence-electron chi connectivity index (χ1n) is 6.44. The SMILES string of the molecule is COC(=O)CC1CN(c2c(C#N)c(C)nn2C)CCO1. The van der Waals surface area contributed by atoms with Crippen LogP contribution in [-0.2, 0) is 21.3 Å². The first kappa shape index (κ1) is 14.3. The minimum Gasteiger partial charge on any atom is -0.469 e. The standard InChI is InChI=1S/C13H18N4O3/c1-9-11(7-14)13(16(2)15-9)17-4-5-20-10(8-17)6-12(18)19-3/h10H,4-6,8H2,1-3H3. The first-order chi connectivity index (χ1) is 9.56. The Bertz CT molecular complexity index is 547. The third-order valence-electron chi connectivity index (χ3n) is 3.36. The van der Waals surface area contributed by atoms with E-state index in [1.165, 1.54) is 7.11 Å². The highest BCUT2D eigenvalue weighted by Crippen LogP contribution is 2.24. The van der Waals surface area contributed by atoms with Gasteiger partial charge in [-0.15, -0.1) is 0 Å². The summed E-state index contributed by atoms with van der Waals surface area (Å²) in [7, 11) is 3.18. The van der Waals surface area contributed by atoms with E-state index in [1.54, 1.807) is 4.68 Å². The van der Waals surface area contributed by atoms with Gasteiger partial charge in [-0.3, -0.25) is 9.48 Å². The minimum absolute atomic E-state index is 0.214. The Morgan fingerprint density at radius 3 is 3.05 bits per heavy atom. The van der Waals surface area contributed by atoms with Gasteiger partial charge in [-0.2, -0.15) is 10.4 Å². The van der Waals surface area contributed by atoms with E-state index in [-0.39, 0.29) is 18.5 Å². The number of nitriles is 1. The predicted octanol–water partition coefficient (Wildman–Crippen LogP) is 0.368. The number of nitrogens with zero attached hydrogens (tertiary/aromatic N) is 4. The maximum Gasteiger partial charge on any atom is 0.308 e. The first-order valence-corrected chi connectivity index (χ1v) is 6.44. The molecule has 0 bridgehead atoms.